The van der Waals surface area contributed by atoms with E-state index in [1.807, 2.05) is 38.1 Å². The molecule has 0 aromatic heterocycles. The molecule has 1 aromatic carbocycles. The van der Waals surface area contributed by atoms with Gasteiger partial charge in [0.15, 0.2) is 0 Å². The van der Waals surface area contributed by atoms with Crippen molar-refractivity contribution >= 4 is 47.4 Å². The summed E-state index contributed by atoms with van der Waals surface area (Å²) in [5.74, 6) is -0.0661. The smallest absolute Gasteiger partial charge is 0.306 e. The molecule has 142 valence electrons. The van der Waals surface area contributed by atoms with Gasteiger partial charge in [0.25, 0.3) is 0 Å². The highest BCUT2D eigenvalue weighted by Crippen LogP contribution is 2.31. The number of hydrogen-bond acceptors (Lipinski definition) is 3. The zero-order chi connectivity index (χ0) is 19.0. The molecule has 0 bridgehead atoms. The molecule has 1 unspecified atom stereocenters. The molecule has 1 aromatic rings. The normalized spacial score (nSPS) is 15.4. The van der Waals surface area contributed by atoms with Gasteiger partial charge in [-0.15, -0.1) is 0 Å². The predicted octanol–water partition coefficient (Wildman–Crippen LogP) is 5.20. The lowest BCUT2D eigenvalue weighted by atomic mass is 9.99. The summed E-state index contributed by atoms with van der Waals surface area (Å²) >= 11 is 2.34. The van der Waals surface area contributed by atoms with E-state index >= 15 is 0 Å². The van der Waals surface area contributed by atoms with Gasteiger partial charge in [-0.3, -0.25) is 9.00 Å². The summed E-state index contributed by atoms with van der Waals surface area (Å²) in [6, 6.07) is 8.91. The zero-order valence-electron chi connectivity index (χ0n) is 16.0. The minimum Gasteiger partial charge on any atom is -0.466 e. The lowest BCUT2D eigenvalue weighted by molar-refractivity contribution is -0.144. The quantitative estimate of drug-likeness (QED) is 0.194. The number of carbonyl (C=O) groups excluding carboxylic acids is 1. The summed E-state index contributed by atoms with van der Waals surface area (Å²) in [7, 11) is -2.54. The van der Waals surface area contributed by atoms with Crippen molar-refractivity contribution in [3.05, 3.63) is 29.8 Å². The molecule has 0 aliphatic rings. The molecule has 0 radical (unpaired) electrons. The lowest BCUT2D eigenvalue weighted by Crippen LogP contribution is -2.36. The molecule has 0 fully saturated rings. The number of aryl methyl sites for hydroxylation is 1. The summed E-state index contributed by atoms with van der Waals surface area (Å²) in [5.41, 5.74) is 1.16. The number of carbonyl (C=O) groups is 1. The third kappa shape index (κ3) is 8.34. The molecular weight excluding hydrogens is 463 g/mol. The highest BCUT2D eigenvalue weighted by Gasteiger charge is 2.33. The first-order valence-corrected chi connectivity index (χ1v) is 15.3. The summed E-state index contributed by atoms with van der Waals surface area (Å²) < 4.78 is 19.5. The Balaban J connectivity index is 3.11. The van der Waals surface area contributed by atoms with Crippen LogP contribution in [0.25, 0.3) is 0 Å². The molecular formula is C19H31IO3SSi. The van der Waals surface area contributed by atoms with E-state index in [0.29, 0.717) is 13.0 Å². The molecule has 25 heavy (non-hydrogen) atoms. The van der Waals surface area contributed by atoms with Crippen LogP contribution < -0.4 is 0 Å². The molecule has 0 saturated heterocycles. The second-order valence-corrected chi connectivity index (χ2v) is 15.9. The Labute approximate surface area is 169 Å². The van der Waals surface area contributed by atoms with Crippen LogP contribution in [-0.4, -0.2) is 34.5 Å². The number of alkyl halides is 1. The average molecular weight is 495 g/mol. The van der Waals surface area contributed by atoms with Crippen LogP contribution in [0, 0.1) is 12.8 Å². The lowest BCUT2D eigenvalue weighted by Gasteiger charge is -2.30. The monoisotopic (exact) mass is 494 g/mol. The van der Waals surface area contributed by atoms with Gasteiger partial charge in [0.2, 0.25) is 0 Å². The van der Waals surface area contributed by atoms with Crippen LogP contribution in [0.4, 0.5) is 0 Å². The van der Waals surface area contributed by atoms with Crippen LogP contribution >= 0.6 is 22.6 Å². The summed E-state index contributed by atoms with van der Waals surface area (Å²) in [6.07, 6.45) is 1.26. The predicted molar refractivity (Wildman–Crippen MR) is 118 cm³/mol. The molecule has 0 spiro atoms. The topological polar surface area (TPSA) is 43.4 Å². The maximum Gasteiger partial charge on any atom is 0.306 e. The van der Waals surface area contributed by atoms with Crippen molar-refractivity contribution in [3.63, 3.8) is 0 Å². The third-order valence-electron chi connectivity index (χ3n) is 4.08. The van der Waals surface area contributed by atoms with E-state index in [4.69, 9.17) is 4.74 Å². The number of esters is 1. The van der Waals surface area contributed by atoms with Crippen molar-refractivity contribution in [3.8, 4) is 0 Å². The molecule has 0 N–H and O–H groups in total. The van der Waals surface area contributed by atoms with Crippen LogP contribution in [0.2, 0.25) is 25.7 Å². The van der Waals surface area contributed by atoms with E-state index in [-0.39, 0.29) is 17.1 Å². The Kier molecular flexibility index (Phi) is 9.88. The van der Waals surface area contributed by atoms with E-state index in [0.717, 1.165) is 27.4 Å². The fourth-order valence-electron chi connectivity index (χ4n) is 2.86. The Morgan fingerprint density at radius 3 is 2.32 bits per heavy atom. The van der Waals surface area contributed by atoms with Gasteiger partial charge in [-0.25, -0.2) is 0 Å². The van der Waals surface area contributed by atoms with E-state index in [2.05, 4.69) is 42.2 Å². The standard InChI is InChI=1S/C19H31IO3SSi/c1-6-23-19(21)13-16(11-12-20)18(14-25(3,4)5)24(22)17-9-7-15(2)8-10-17/h7-10,16,18H,6,11-14H2,1-5H3/t16?,18-,24-/m0/s1. The number of hydrogen-bond donors (Lipinski definition) is 0. The molecule has 0 aliphatic carbocycles. The van der Waals surface area contributed by atoms with Crippen molar-refractivity contribution in [2.45, 2.75) is 62.5 Å². The van der Waals surface area contributed by atoms with Crippen LogP contribution in [0.5, 0.6) is 0 Å². The summed E-state index contributed by atoms with van der Waals surface area (Å²) in [6.45, 7) is 11.2. The number of benzene rings is 1. The van der Waals surface area contributed by atoms with Gasteiger partial charge in [-0.2, -0.15) is 0 Å². The zero-order valence-corrected chi connectivity index (χ0v) is 20.0. The SMILES string of the molecule is CCOC(=O)CC(CCI)[C@H](C[Si](C)(C)C)[S@@](=O)c1ccc(C)cc1. The van der Waals surface area contributed by atoms with Gasteiger partial charge < -0.3 is 4.74 Å². The van der Waals surface area contributed by atoms with Gasteiger partial charge in [-0.1, -0.05) is 59.9 Å². The van der Waals surface area contributed by atoms with Crippen LogP contribution in [-0.2, 0) is 20.3 Å². The Morgan fingerprint density at radius 2 is 1.84 bits per heavy atom. The van der Waals surface area contributed by atoms with Gasteiger partial charge in [0.05, 0.1) is 17.4 Å². The van der Waals surface area contributed by atoms with Crippen LogP contribution in [0.1, 0.15) is 25.3 Å². The van der Waals surface area contributed by atoms with Gasteiger partial charge >= 0.3 is 5.97 Å². The second-order valence-electron chi connectivity index (χ2n) is 7.66. The molecule has 3 atom stereocenters. The minimum absolute atomic E-state index is 0.00791. The Hall–Kier alpha value is -0.213. The first-order chi connectivity index (χ1) is 11.7. The van der Waals surface area contributed by atoms with Gasteiger partial charge in [0, 0.05) is 24.6 Å². The third-order valence-corrected chi connectivity index (χ3v) is 8.50. The molecule has 0 heterocycles. The largest absolute Gasteiger partial charge is 0.466 e. The van der Waals surface area contributed by atoms with E-state index in [1.165, 1.54) is 0 Å². The highest BCUT2D eigenvalue weighted by molar-refractivity contribution is 14.1. The molecule has 6 heteroatoms. The molecule has 0 amide bonds. The second kappa shape index (κ2) is 10.8. The summed E-state index contributed by atoms with van der Waals surface area (Å²) in [4.78, 5) is 13.0. The molecule has 0 aliphatic heterocycles. The fraction of sp³-hybridized carbons (Fsp3) is 0.632. The maximum atomic E-state index is 13.4. The van der Waals surface area contributed by atoms with Gasteiger partial charge in [0.1, 0.15) is 0 Å². The van der Waals surface area contributed by atoms with Crippen molar-refractivity contribution in [1.29, 1.82) is 0 Å². The van der Waals surface area contributed by atoms with E-state index in [1.54, 1.807) is 0 Å². The number of ether oxygens (including phenoxy) is 1. The first-order valence-electron chi connectivity index (χ1n) is 8.86. The van der Waals surface area contributed by atoms with Crippen molar-refractivity contribution in [2.75, 3.05) is 11.0 Å². The number of halogens is 1. The Morgan fingerprint density at radius 1 is 1.24 bits per heavy atom. The minimum atomic E-state index is -1.44. The van der Waals surface area contributed by atoms with E-state index < -0.39 is 18.9 Å². The summed E-state index contributed by atoms with van der Waals surface area (Å²) in [5, 5.41) is 0.00791. The highest BCUT2D eigenvalue weighted by atomic mass is 127. The number of rotatable bonds is 10. The van der Waals surface area contributed by atoms with Crippen LogP contribution in [0.3, 0.4) is 0 Å². The Bertz CT molecular complexity index is 569. The van der Waals surface area contributed by atoms with Gasteiger partial charge in [-0.05, 0) is 48.8 Å². The van der Waals surface area contributed by atoms with E-state index in [9.17, 15) is 9.00 Å². The molecule has 0 saturated carbocycles. The maximum absolute atomic E-state index is 13.4. The van der Waals surface area contributed by atoms with Crippen molar-refractivity contribution in [1.82, 2.24) is 0 Å². The molecule has 3 nitrogen and oxygen atoms in total. The van der Waals surface area contributed by atoms with Crippen LogP contribution in [0.15, 0.2) is 29.2 Å². The average Bonchev–Trinajstić information content (AvgIpc) is 2.52. The first kappa shape index (κ1) is 22.8. The van der Waals surface area contributed by atoms with Crippen molar-refractivity contribution < 1.29 is 13.7 Å². The van der Waals surface area contributed by atoms with Crippen molar-refractivity contribution in [2.24, 2.45) is 5.92 Å². The fourth-order valence-corrected chi connectivity index (χ4v) is 8.64. The molecule has 1 rings (SSSR count).